The standard InChI is InChI=1S/C27H46N2O12P2S/c1-24(2,3)39-43(36,37)41-25(4,5)12-15-38-18-42(34,35)40-26(6,7)17-27(8,9)44-19-16-22(32)29(23(19)33)14-13-28-20(30)10-11-21(28)31/h10-11,19H,12-18H2,1-9H3,(H,34,35)(H,36,37). The molecule has 2 heterocycles. The highest BCUT2D eigenvalue weighted by atomic mass is 32.2. The minimum Gasteiger partial charge on any atom is -0.369 e. The lowest BCUT2D eigenvalue weighted by Gasteiger charge is -2.36. The number of nitrogens with zero attached hydrogens (tertiary/aromatic N) is 2. The van der Waals surface area contributed by atoms with E-state index in [1.54, 1.807) is 48.5 Å². The molecule has 2 aliphatic heterocycles. The molecule has 17 heteroatoms. The summed E-state index contributed by atoms with van der Waals surface area (Å²) in [4.78, 5) is 71.6. The number of likely N-dealkylation sites (tertiary alicyclic amines) is 1. The molecule has 2 rings (SSSR count). The molecule has 252 valence electrons. The van der Waals surface area contributed by atoms with Gasteiger partial charge in [-0.2, -0.15) is 0 Å². The van der Waals surface area contributed by atoms with Gasteiger partial charge < -0.3 is 19.0 Å². The van der Waals surface area contributed by atoms with Crippen molar-refractivity contribution < 1.29 is 56.4 Å². The van der Waals surface area contributed by atoms with Crippen molar-refractivity contribution in [1.82, 2.24) is 9.80 Å². The first-order chi connectivity index (χ1) is 19.7. The van der Waals surface area contributed by atoms with E-state index in [0.29, 0.717) is 0 Å². The number of ether oxygens (including phenoxy) is 1. The molecule has 1 saturated heterocycles. The molecule has 0 radical (unpaired) electrons. The molecular weight excluding hydrogens is 638 g/mol. The number of rotatable bonds is 17. The lowest BCUT2D eigenvalue weighted by molar-refractivity contribution is -0.142. The van der Waals surface area contributed by atoms with Gasteiger partial charge in [-0.15, -0.1) is 11.8 Å². The van der Waals surface area contributed by atoms with Gasteiger partial charge in [-0.05, 0) is 61.3 Å². The second-order valence-corrected chi connectivity index (χ2v) is 18.5. The summed E-state index contributed by atoms with van der Waals surface area (Å²) in [5.74, 6) is -1.81. The van der Waals surface area contributed by atoms with Crippen molar-refractivity contribution >= 4 is 50.8 Å². The summed E-state index contributed by atoms with van der Waals surface area (Å²) in [7, 11) is -8.60. The summed E-state index contributed by atoms with van der Waals surface area (Å²) in [6.45, 7) is 14.7. The molecule has 0 aromatic carbocycles. The summed E-state index contributed by atoms with van der Waals surface area (Å²) in [6, 6.07) is 0. The first-order valence-corrected chi connectivity index (χ1v) is 18.3. The Morgan fingerprint density at radius 3 is 1.93 bits per heavy atom. The van der Waals surface area contributed by atoms with Gasteiger partial charge in [-0.25, -0.2) is 4.57 Å². The predicted octanol–water partition coefficient (Wildman–Crippen LogP) is 4.00. The maximum atomic E-state index is 13.0. The van der Waals surface area contributed by atoms with Gasteiger partial charge in [-0.3, -0.25) is 42.6 Å². The van der Waals surface area contributed by atoms with E-state index in [4.69, 9.17) is 18.3 Å². The molecule has 0 saturated carbocycles. The van der Waals surface area contributed by atoms with E-state index in [9.17, 15) is 38.1 Å². The Kier molecular flexibility index (Phi) is 12.5. The second kappa shape index (κ2) is 14.1. The lowest BCUT2D eigenvalue weighted by atomic mass is 9.96. The van der Waals surface area contributed by atoms with Gasteiger partial charge in [0.05, 0.1) is 28.7 Å². The van der Waals surface area contributed by atoms with E-state index < -0.39 is 72.2 Å². The average molecular weight is 685 g/mol. The van der Waals surface area contributed by atoms with Gasteiger partial charge in [0.15, 0.2) is 0 Å². The third kappa shape index (κ3) is 12.8. The second-order valence-electron chi connectivity index (χ2n) is 13.6. The monoisotopic (exact) mass is 684 g/mol. The molecule has 14 nitrogen and oxygen atoms in total. The molecule has 2 N–H and O–H groups in total. The fraction of sp³-hybridized carbons (Fsp3) is 0.778. The molecule has 0 aromatic rings. The number of amides is 4. The zero-order chi connectivity index (χ0) is 33.9. The van der Waals surface area contributed by atoms with E-state index >= 15 is 0 Å². The largest absolute Gasteiger partial charge is 0.473 e. The SMILES string of the molecule is CC(C)(C)OP(=O)(O)OC(C)(C)CCOCP(=O)(O)OC(C)(C)CC(C)(C)SC1CC(=O)N(CCN2C(=O)C=CC2=O)C1=O. The average Bonchev–Trinajstić information content (AvgIpc) is 3.22. The van der Waals surface area contributed by atoms with Crippen LogP contribution in [-0.4, -0.2) is 96.1 Å². The number of hydrogen-bond acceptors (Lipinski definition) is 11. The van der Waals surface area contributed by atoms with Crippen LogP contribution in [0.25, 0.3) is 0 Å². The fourth-order valence-corrected chi connectivity index (χ4v) is 9.30. The zero-order valence-electron chi connectivity index (χ0n) is 26.9. The van der Waals surface area contributed by atoms with Gasteiger partial charge in [0, 0.05) is 36.4 Å². The molecule has 0 bridgehead atoms. The van der Waals surface area contributed by atoms with Crippen molar-refractivity contribution in [2.24, 2.45) is 0 Å². The topological polar surface area (TPSA) is 186 Å². The highest BCUT2D eigenvalue weighted by Gasteiger charge is 2.44. The summed E-state index contributed by atoms with van der Waals surface area (Å²) in [6.07, 6.45) is 1.95. The third-order valence-electron chi connectivity index (χ3n) is 6.21. The third-order valence-corrected chi connectivity index (χ3v) is 10.4. The quantitative estimate of drug-likeness (QED) is 0.127. The van der Waals surface area contributed by atoms with Crippen molar-refractivity contribution in [3.63, 3.8) is 0 Å². The van der Waals surface area contributed by atoms with E-state index in [2.05, 4.69) is 0 Å². The van der Waals surface area contributed by atoms with E-state index in [1.807, 2.05) is 13.8 Å². The number of hydrogen-bond donors (Lipinski definition) is 2. The number of phosphoric ester groups is 1. The van der Waals surface area contributed by atoms with E-state index in [-0.39, 0.29) is 39.0 Å². The van der Waals surface area contributed by atoms with Crippen molar-refractivity contribution in [2.75, 3.05) is 26.0 Å². The van der Waals surface area contributed by atoms with Crippen LogP contribution in [0.3, 0.4) is 0 Å². The van der Waals surface area contributed by atoms with Gasteiger partial charge in [0.2, 0.25) is 11.8 Å². The molecule has 3 unspecified atom stereocenters. The van der Waals surface area contributed by atoms with Crippen LogP contribution >= 0.6 is 27.2 Å². The fourth-order valence-electron chi connectivity index (χ4n) is 4.95. The Morgan fingerprint density at radius 1 is 0.841 bits per heavy atom. The molecule has 44 heavy (non-hydrogen) atoms. The molecule has 0 aliphatic carbocycles. The van der Waals surface area contributed by atoms with Crippen LogP contribution in [-0.2, 0) is 46.6 Å². The molecule has 0 spiro atoms. The molecular formula is C27H46N2O12P2S. The van der Waals surface area contributed by atoms with Gasteiger partial charge >= 0.3 is 15.4 Å². The van der Waals surface area contributed by atoms with Gasteiger partial charge in [0.25, 0.3) is 11.8 Å². The summed E-state index contributed by atoms with van der Waals surface area (Å²) >= 11 is 1.25. The van der Waals surface area contributed by atoms with E-state index in [1.165, 1.54) is 11.8 Å². The minimum atomic E-state index is -4.36. The van der Waals surface area contributed by atoms with Crippen LogP contribution in [0.4, 0.5) is 0 Å². The first-order valence-electron chi connectivity index (χ1n) is 14.1. The van der Waals surface area contributed by atoms with Crippen LogP contribution in [0.1, 0.15) is 81.6 Å². The van der Waals surface area contributed by atoms with Crippen molar-refractivity contribution in [3.05, 3.63) is 12.2 Å². The Labute approximate surface area is 263 Å². The summed E-state index contributed by atoms with van der Waals surface area (Å²) < 4.78 is 45.7. The number of carbonyl (C=O) groups is 4. The van der Waals surface area contributed by atoms with Crippen LogP contribution in [0.15, 0.2) is 12.2 Å². The normalized spacial score (nSPS) is 21.4. The Bertz CT molecular complexity index is 1230. The number of thioether (sulfide) groups is 1. The molecule has 4 amide bonds. The first kappa shape index (κ1) is 38.8. The Hall–Kier alpha value is -1.41. The lowest BCUT2D eigenvalue weighted by Crippen LogP contribution is -2.41. The van der Waals surface area contributed by atoms with Crippen LogP contribution in [0.2, 0.25) is 0 Å². The zero-order valence-corrected chi connectivity index (χ0v) is 29.5. The van der Waals surface area contributed by atoms with Crippen molar-refractivity contribution in [2.45, 2.75) is 108 Å². The van der Waals surface area contributed by atoms with Gasteiger partial charge in [-0.1, -0.05) is 13.8 Å². The number of carbonyl (C=O) groups excluding carboxylic acids is 4. The smallest absolute Gasteiger partial charge is 0.369 e. The van der Waals surface area contributed by atoms with Crippen molar-refractivity contribution in [3.8, 4) is 0 Å². The molecule has 0 aromatic heterocycles. The Balaban J connectivity index is 1.85. The molecule has 2 aliphatic rings. The van der Waals surface area contributed by atoms with Crippen LogP contribution in [0.5, 0.6) is 0 Å². The summed E-state index contributed by atoms with van der Waals surface area (Å²) in [5, 5.41) is -0.700. The maximum absolute atomic E-state index is 13.0. The number of imide groups is 2. The molecule has 3 atom stereocenters. The van der Waals surface area contributed by atoms with Crippen molar-refractivity contribution in [1.29, 1.82) is 0 Å². The highest BCUT2D eigenvalue weighted by Crippen LogP contribution is 2.52. The predicted molar refractivity (Wildman–Crippen MR) is 164 cm³/mol. The highest BCUT2D eigenvalue weighted by molar-refractivity contribution is 8.02. The van der Waals surface area contributed by atoms with E-state index in [0.717, 1.165) is 22.0 Å². The maximum Gasteiger partial charge on any atom is 0.473 e. The molecule has 1 fully saturated rings. The van der Waals surface area contributed by atoms with Crippen LogP contribution < -0.4 is 0 Å². The van der Waals surface area contributed by atoms with Crippen LogP contribution in [0, 0.1) is 0 Å². The van der Waals surface area contributed by atoms with Gasteiger partial charge in [0.1, 0.15) is 6.35 Å². The minimum absolute atomic E-state index is 0.0468. The number of phosphoric acid groups is 1. The summed E-state index contributed by atoms with van der Waals surface area (Å²) in [5.41, 5.74) is -3.17. The Morgan fingerprint density at radius 2 is 1.39 bits per heavy atom.